The summed E-state index contributed by atoms with van der Waals surface area (Å²) in [6, 6.07) is 12.4. The fraction of sp³-hybridized carbons (Fsp3) is 0.188. The van der Waals surface area contributed by atoms with Crippen molar-refractivity contribution in [2.75, 3.05) is 0 Å². The number of halogens is 2. The van der Waals surface area contributed by atoms with Crippen LogP contribution in [0.25, 0.3) is 0 Å². The third kappa shape index (κ3) is 2.96. The zero-order valence-electron chi connectivity index (χ0n) is 11.7. The molecule has 1 aliphatic carbocycles. The largest absolute Gasteiger partial charge is 0.481 e. The number of aliphatic carboxylic acids is 1. The quantitative estimate of drug-likeness (QED) is 0.891. The lowest BCUT2D eigenvalue weighted by atomic mass is 10.1. The molecule has 2 aromatic carbocycles. The summed E-state index contributed by atoms with van der Waals surface area (Å²) in [5.74, 6) is -2.71. The maximum absolute atomic E-state index is 12.7. The van der Waals surface area contributed by atoms with Gasteiger partial charge in [-0.3, -0.25) is 4.79 Å². The van der Waals surface area contributed by atoms with Crippen molar-refractivity contribution >= 4 is 39.0 Å². The molecule has 23 heavy (non-hydrogen) atoms. The minimum Gasteiger partial charge on any atom is -0.481 e. The molecule has 1 aliphatic rings. The highest BCUT2D eigenvalue weighted by Gasteiger charge is 2.63. The van der Waals surface area contributed by atoms with Crippen LogP contribution >= 0.6 is 23.2 Å². The lowest BCUT2D eigenvalue weighted by Crippen LogP contribution is -2.13. The Morgan fingerprint density at radius 2 is 1.65 bits per heavy atom. The van der Waals surface area contributed by atoms with Crippen molar-refractivity contribution in [1.29, 1.82) is 0 Å². The van der Waals surface area contributed by atoms with E-state index < -0.39 is 32.9 Å². The smallest absolute Gasteiger partial charge is 0.308 e. The van der Waals surface area contributed by atoms with Gasteiger partial charge in [0.15, 0.2) is 9.84 Å². The second-order valence-corrected chi connectivity index (χ2v) is 8.39. The molecule has 1 N–H and O–H groups in total. The summed E-state index contributed by atoms with van der Waals surface area (Å²) in [4.78, 5) is 11.5. The summed E-state index contributed by atoms with van der Waals surface area (Å²) in [5, 5.41) is 9.22. The Labute approximate surface area is 143 Å². The number of rotatable bonds is 4. The van der Waals surface area contributed by atoms with Crippen molar-refractivity contribution in [1.82, 2.24) is 0 Å². The molecule has 0 saturated heterocycles. The van der Waals surface area contributed by atoms with Gasteiger partial charge in [0, 0.05) is 16.0 Å². The minimum absolute atomic E-state index is 0.0719. The van der Waals surface area contributed by atoms with Gasteiger partial charge in [0.05, 0.1) is 16.1 Å². The number of sulfone groups is 1. The average molecular weight is 371 g/mol. The van der Waals surface area contributed by atoms with Crippen molar-refractivity contribution in [3.8, 4) is 0 Å². The van der Waals surface area contributed by atoms with E-state index in [1.807, 2.05) is 0 Å². The monoisotopic (exact) mass is 370 g/mol. The van der Waals surface area contributed by atoms with Crippen molar-refractivity contribution < 1.29 is 18.3 Å². The molecule has 7 heteroatoms. The van der Waals surface area contributed by atoms with Gasteiger partial charge in [-0.1, -0.05) is 35.3 Å². The zero-order valence-corrected chi connectivity index (χ0v) is 14.0. The van der Waals surface area contributed by atoms with E-state index in [1.165, 1.54) is 24.3 Å². The zero-order chi connectivity index (χ0) is 16.8. The second kappa shape index (κ2) is 5.82. The fourth-order valence-corrected chi connectivity index (χ4v) is 5.30. The molecule has 0 spiro atoms. The standard InChI is InChI=1S/C16H12Cl2O4S/c17-10-4-6-12(7-5-10)23(21,22)15-13(14(15)16(19)20)9-2-1-3-11(18)8-9/h1-8,13-15H,(H,19,20)/t13-,14+,15+/m1/s1. The summed E-state index contributed by atoms with van der Waals surface area (Å²) in [7, 11) is -3.77. The van der Waals surface area contributed by atoms with Gasteiger partial charge in [0.2, 0.25) is 0 Å². The van der Waals surface area contributed by atoms with E-state index in [0.717, 1.165) is 0 Å². The van der Waals surface area contributed by atoms with Crippen LogP contribution in [0, 0.1) is 5.92 Å². The fourth-order valence-electron chi connectivity index (χ4n) is 2.86. The number of carbonyl (C=O) groups is 1. The molecule has 0 unspecified atom stereocenters. The van der Waals surface area contributed by atoms with Gasteiger partial charge in [0.1, 0.15) is 0 Å². The van der Waals surface area contributed by atoms with Gasteiger partial charge in [0.25, 0.3) is 0 Å². The molecule has 0 radical (unpaired) electrons. The first kappa shape index (κ1) is 16.3. The third-order valence-corrected chi connectivity index (χ3v) is 6.69. The van der Waals surface area contributed by atoms with Crippen molar-refractivity contribution in [2.45, 2.75) is 16.1 Å². The van der Waals surface area contributed by atoms with E-state index in [1.54, 1.807) is 24.3 Å². The first-order chi connectivity index (χ1) is 10.8. The lowest BCUT2D eigenvalue weighted by molar-refractivity contribution is -0.138. The maximum Gasteiger partial charge on any atom is 0.308 e. The Kier molecular flexibility index (Phi) is 4.12. The molecule has 4 nitrogen and oxygen atoms in total. The normalized spacial score (nSPS) is 23.5. The molecule has 1 saturated carbocycles. The van der Waals surface area contributed by atoms with Gasteiger partial charge in [-0.2, -0.15) is 0 Å². The predicted molar refractivity (Wildman–Crippen MR) is 87.7 cm³/mol. The van der Waals surface area contributed by atoms with Crippen LogP contribution in [0.4, 0.5) is 0 Å². The number of benzene rings is 2. The molecule has 2 aromatic rings. The Morgan fingerprint density at radius 3 is 2.22 bits per heavy atom. The highest BCUT2D eigenvalue weighted by atomic mass is 35.5. The Balaban J connectivity index is 2.00. The number of hydrogen-bond donors (Lipinski definition) is 1. The number of carboxylic acids is 1. The summed E-state index contributed by atoms with van der Waals surface area (Å²) < 4.78 is 25.5. The van der Waals surface area contributed by atoms with Crippen LogP contribution < -0.4 is 0 Å². The average Bonchev–Trinajstić information content (AvgIpc) is 3.24. The highest BCUT2D eigenvalue weighted by molar-refractivity contribution is 7.92. The highest BCUT2D eigenvalue weighted by Crippen LogP contribution is 2.54. The molecule has 0 bridgehead atoms. The van der Waals surface area contributed by atoms with Crippen LogP contribution in [0.2, 0.25) is 10.0 Å². The van der Waals surface area contributed by atoms with Gasteiger partial charge in [-0.25, -0.2) is 8.42 Å². The molecule has 0 amide bonds. The maximum atomic E-state index is 12.7. The summed E-state index contributed by atoms with van der Waals surface area (Å²) in [6.07, 6.45) is 0. The topological polar surface area (TPSA) is 71.4 Å². The molecule has 1 fully saturated rings. The molecule has 3 atom stereocenters. The first-order valence-electron chi connectivity index (χ1n) is 6.80. The van der Waals surface area contributed by atoms with Crippen molar-refractivity contribution in [3.05, 3.63) is 64.1 Å². The van der Waals surface area contributed by atoms with Gasteiger partial charge in [-0.15, -0.1) is 0 Å². The summed E-state index contributed by atoms with van der Waals surface area (Å²) in [6.45, 7) is 0. The molecule has 0 aliphatic heterocycles. The van der Waals surface area contributed by atoms with Crippen LogP contribution in [0.15, 0.2) is 53.4 Å². The Bertz CT molecular complexity index is 862. The third-order valence-electron chi connectivity index (χ3n) is 3.97. The van der Waals surface area contributed by atoms with E-state index in [-0.39, 0.29) is 4.90 Å². The SMILES string of the molecule is O=C(O)[C@H]1[C@@H](c2cccc(Cl)c2)[C@@H]1S(=O)(=O)c1ccc(Cl)cc1. The number of hydrogen-bond acceptors (Lipinski definition) is 3. The molecule has 0 aromatic heterocycles. The van der Waals surface area contributed by atoms with E-state index in [9.17, 15) is 18.3 Å². The van der Waals surface area contributed by atoms with Crippen molar-refractivity contribution in [2.24, 2.45) is 5.92 Å². The van der Waals surface area contributed by atoms with E-state index in [0.29, 0.717) is 15.6 Å². The molecule has 120 valence electrons. The van der Waals surface area contributed by atoms with Crippen LogP contribution in [0.3, 0.4) is 0 Å². The Morgan fingerprint density at radius 1 is 1.00 bits per heavy atom. The molecule has 3 rings (SSSR count). The lowest BCUT2D eigenvalue weighted by Gasteiger charge is -2.04. The van der Waals surface area contributed by atoms with Crippen molar-refractivity contribution in [3.63, 3.8) is 0 Å². The van der Waals surface area contributed by atoms with Crippen LogP contribution in [-0.2, 0) is 14.6 Å². The van der Waals surface area contributed by atoms with Crippen LogP contribution in [0.5, 0.6) is 0 Å². The Hall–Kier alpha value is -1.56. The van der Waals surface area contributed by atoms with Gasteiger partial charge >= 0.3 is 5.97 Å². The second-order valence-electron chi connectivity index (χ2n) is 5.41. The first-order valence-corrected chi connectivity index (χ1v) is 9.10. The van der Waals surface area contributed by atoms with Gasteiger partial charge < -0.3 is 5.11 Å². The van der Waals surface area contributed by atoms with Crippen LogP contribution in [0.1, 0.15) is 11.5 Å². The molecular formula is C16H12Cl2O4S. The van der Waals surface area contributed by atoms with Crippen LogP contribution in [-0.4, -0.2) is 24.7 Å². The number of carboxylic acid groups (broad SMARTS) is 1. The minimum atomic E-state index is -3.77. The summed E-state index contributed by atoms with van der Waals surface area (Å²) >= 11 is 11.7. The van der Waals surface area contributed by atoms with Gasteiger partial charge in [-0.05, 0) is 42.0 Å². The van der Waals surface area contributed by atoms with E-state index >= 15 is 0 Å². The predicted octanol–water partition coefficient (Wildman–Crippen LogP) is 3.63. The van der Waals surface area contributed by atoms with E-state index in [4.69, 9.17) is 23.2 Å². The molecular weight excluding hydrogens is 359 g/mol. The van der Waals surface area contributed by atoms with E-state index in [2.05, 4.69) is 0 Å². The molecule has 0 heterocycles. The summed E-state index contributed by atoms with van der Waals surface area (Å²) in [5.41, 5.74) is 0.618.